The summed E-state index contributed by atoms with van der Waals surface area (Å²) in [6.45, 7) is 0. The van der Waals surface area contributed by atoms with Crippen LogP contribution in [0, 0.1) is 11.8 Å². The molecule has 0 aromatic rings. The van der Waals surface area contributed by atoms with E-state index in [0.29, 0.717) is 12.5 Å². The Kier molecular flexibility index (Phi) is 4.18. The van der Waals surface area contributed by atoms with Crippen molar-refractivity contribution >= 4 is 25.4 Å². The molecule has 88 valence electrons. The van der Waals surface area contributed by atoms with Gasteiger partial charge >= 0.3 is 0 Å². The quantitative estimate of drug-likeness (QED) is 0.546. The number of alkyl halides is 1. The summed E-state index contributed by atoms with van der Waals surface area (Å²) in [6.07, 6.45) is 7.94. The molecule has 1 amide bonds. The van der Waals surface area contributed by atoms with Crippen LogP contribution < -0.4 is 0 Å². The number of carbonyl (C=O) groups excluding carboxylic acids is 1. The van der Waals surface area contributed by atoms with Gasteiger partial charge in [-0.05, 0) is 37.5 Å². The van der Waals surface area contributed by atoms with Gasteiger partial charge in [0.1, 0.15) is 5.88 Å². The highest BCUT2D eigenvalue weighted by atomic mass is 35.5. The van der Waals surface area contributed by atoms with Gasteiger partial charge in [0.25, 0.3) is 0 Å². The maximum atomic E-state index is 11.6. The lowest BCUT2D eigenvalue weighted by Crippen LogP contribution is -2.45. The average molecular weight is 240 g/mol. The first-order valence-electron chi connectivity index (χ1n) is 6.31. The molecular weight excluding hydrogens is 220 g/mol. The molecule has 0 aliphatic heterocycles. The lowest BCUT2D eigenvalue weighted by molar-refractivity contribution is -0.130. The van der Waals surface area contributed by atoms with Crippen LogP contribution in [0.1, 0.15) is 38.5 Å². The lowest BCUT2D eigenvalue weighted by Gasteiger charge is -2.38. The second-order valence-corrected chi connectivity index (χ2v) is 5.36. The number of hydrogen-bond donors (Lipinski definition) is 0. The van der Waals surface area contributed by atoms with Gasteiger partial charge in [-0.1, -0.05) is 19.3 Å². The number of nitrogens with zero attached hydrogens (tertiary/aromatic N) is 1. The summed E-state index contributed by atoms with van der Waals surface area (Å²) in [5, 5.41) is 0. The van der Waals surface area contributed by atoms with Crippen molar-refractivity contribution in [1.82, 2.24) is 4.90 Å². The minimum absolute atomic E-state index is 0.00869. The molecular formula is C12H19BClNO. The summed E-state index contributed by atoms with van der Waals surface area (Å²) in [6, 6.07) is 0.343. The third-order valence-corrected chi connectivity index (χ3v) is 4.56. The van der Waals surface area contributed by atoms with E-state index < -0.39 is 0 Å². The largest absolute Gasteiger partial charge is 0.348 e. The van der Waals surface area contributed by atoms with Gasteiger partial charge < -0.3 is 4.90 Å². The van der Waals surface area contributed by atoms with E-state index in [1.807, 2.05) is 0 Å². The van der Waals surface area contributed by atoms with Crippen LogP contribution in [-0.4, -0.2) is 37.0 Å². The van der Waals surface area contributed by atoms with Crippen molar-refractivity contribution in [3.05, 3.63) is 0 Å². The van der Waals surface area contributed by atoms with Crippen LogP contribution in [0.4, 0.5) is 0 Å². The Balaban J connectivity index is 1.96. The molecule has 4 heteroatoms. The Morgan fingerprint density at radius 1 is 1.25 bits per heavy atom. The molecule has 2 nitrogen and oxygen atoms in total. The summed E-state index contributed by atoms with van der Waals surface area (Å²) < 4.78 is 0. The van der Waals surface area contributed by atoms with Gasteiger partial charge in [0.05, 0.1) is 7.85 Å². The topological polar surface area (TPSA) is 20.3 Å². The zero-order chi connectivity index (χ0) is 11.5. The summed E-state index contributed by atoms with van der Waals surface area (Å²) in [4.78, 5) is 13.4. The lowest BCUT2D eigenvalue weighted by atomic mass is 9.78. The summed E-state index contributed by atoms with van der Waals surface area (Å²) in [7, 11) is 5.66. The van der Waals surface area contributed by atoms with Crippen LogP contribution >= 0.6 is 11.6 Å². The Labute approximate surface area is 104 Å². The number of hydrogen-bond acceptors (Lipinski definition) is 1. The monoisotopic (exact) mass is 239 g/mol. The predicted octanol–water partition coefficient (Wildman–Crippen LogP) is 2.15. The van der Waals surface area contributed by atoms with E-state index in [4.69, 9.17) is 19.4 Å². The van der Waals surface area contributed by atoms with Gasteiger partial charge in [0, 0.05) is 6.04 Å². The van der Waals surface area contributed by atoms with E-state index in [2.05, 4.69) is 0 Å². The number of carbonyl (C=O) groups is 1. The third-order valence-electron chi connectivity index (χ3n) is 4.33. The van der Waals surface area contributed by atoms with E-state index in [-0.39, 0.29) is 11.8 Å². The highest BCUT2D eigenvalue weighted by Crippen LogP contribution is 2.43. The van der Waals surface area contributed by atoms with Gasteiger partial charge in [-0.2, -0.15) is 0 Å². The number of rotatable bonds is 3. The van der Waals surface area contributed by atoms with Crippen molar-refractivity contribution in [3.8, 4) is 0 Å². The van der Waals surface area contributed by atoms with E-state index in [9.17, 15) is 4.79 Å². The zero-order valence-electron chi connectivity index (χ0n) is 9.70. The Bertz CT molecular complexity index is 261. The fourth-order valence-electron chi connectivity index (χ4n) is 3.49. The zero-order valence-corrected chi connectivity index (χ0v) is 10.5. The number of amides is 1. The SMILES string of the molecule is [B]CN(C(=O)CCl)C1CCC2CCCC2C1. The molecule has 0 saturated heterocycles. The molecule has 0 spiro atoms. The van der Waals surface area contributed by atoms with Crippen LogP contribution in [0.5, 0.6) is 0 Å². The summed E-state index contributed by atoms with van der Waals surface area (Å²) in [5.41, 5.74) is 0. The molecule has 3 atom stereocenters. The average Bonchev–Trinajstić information content (AvgIpc) is 2.77. The molecule has 2 rings (SSSR count). The molecule has 2 aliphatic carbocycles. The molecule has 0 aromatic carbocycles. The van der Waals surface area contributed by atoms with Crippen LogP contribution in [0.25, 0.3) is 0 Å². The van der Waals surface area contributed by atoms with Crippen molar-refractivity contribution in [2.45, 2.75) is 44.6 Å². The standard InChI is InChI=1S/C12H19BClNO/c13-8-15(12(16)7-14)11-5-4-9-2-1-3-10(9)6-11/h9-11H,1-8H2. The molecule has 2 aliphatic rings. The highest BCUT2D eigenvalue weighted by molar-refractivity contribution is 6.27. The van der Waals surface area contributed by atoms with Gasteiger partial charge in [0.15, 0.2) is 0 Å². The molecule has 2 radical (unpaired) electrons. The maximum Gasteiger partial charge on any atom is 0.237 e. The molecule has 0 heterocycles. The highest BCUT2D eigenvalue weighted by Gasteiger charge is 2.36. The van der Waals surface area contributed by atoms with Crippen molar-refractivity contribution < 1.29 is 4.79 Å². The van der Waals surface area contributed by atoms with Crippen LogP contribution in [-0.2, 0) is 4.79 Å². The van der Waals surface area contributed by atoms with Crippen molar-refractivity contribution in [3.63, 3.8) is 0 Å². The normalized spacial score (nSPS) is 33.4. The number of halogens is 1. The first kappa shape index (κ1) is 12.3. The second-order valence-electron chi connectivity index (χ2n) is 5.10. The van der Waals surface area contributed by atoms with Crippen molar-refractivity contribution in [1.29, 1.82) is 0 Å². The Morgan fingerprint density at radius 3 is 2.69 bits per heavy atom. The fourth-order valence-corrected chi connectivity index (χ4v) is 3.65. The van der Waals surface area contributed by atoms with Gasteiger partial charge in [-0.25, -0.2) is 0 Å². The van der Waals surface area contributed by atoms with Gasteiger partial charge in [-0.15, -0.1) is 11.6 Å². The van der Waals surface area contributed by atoms with Crippen LogP contribution in [0.2, 0.25) is 0 Å². The maximum absolute atomic E-state index is 11.6. The predicted molar refractivity (Wildman–Crippen MR) is 66.7 cm³/mol. The fraction of sp³-hybridized carbons (Fsp3) is 0.917. The Hall–Kier alpha value is -0.175. The van der Waals surface area contributed by atoms with Crippen molar-refractivity contribution in [2.75, 3.05) is 12.3 Å². The molecule has 2 fully saturated rings. The summed E-state index contributed by atoms with van der Waals surface area (Å²) >= 11 is 5.61. The van der Waals surface area contributed by atoms with Gasteiger partial charge in [-0.3, -0.25) is 4.79 Å². The van der Waals surface area contributed by atoms with Crippen LogP contribution in [0.3, 0.4) is 0 Å². The molecule has 0 bridgehead atoms. The molecule has 2 saturated carbocycles. The first-order chi connectivity index (χ1) is 7.76. The molecule has 3 unspecified atom stereocenters. The minimum atomic E-state index is -0.00869. The smallest absolute Gasteiger partial charge is 0.237 e. The van der Waals surface area contributed by atoms with E-state index in [0.717, 1.165) is 24.7 Å². The van der Waals surface area contributed by atoms with Gasteiger partial charge in [0.2, 0.25) is 5.91 Å². The van der Waals surface area contributed by atoms with Crippen molar-refractivity contribution in [2.24, 2.45) is 11.8 Å². The second kappa shape index (κ2) is 5.44. The first-order valence-corrected chi connectivity index (χ1v) is 6.85. The van der Waals surface area contributed by atoms with E-state index in [1.54, 1.807) is 4.90 Å². The Morgan fingerprint density at radius 2 is 2.00 bits per heavy atom. The van der Waals surface area contributed by atoms with E-state index in [1.165, 1.54) is 25.7 Å². The van der Waals surface area contributed by atoms with E-state index >= 15 is 0 Å². The molecule has 0 N–H and O–H groups in total. The minimum Gasteiger partial charge on any atom is -0.348 e. The number of fused-ring (bicyclic) bond motifs is 1. The van der Waals surface area contributed by atoms with Crippen LogP contribution in [0.15, 0.2) is 0 Å². The molecule has 0 aromatic heterocycles. The third kappa shape index (κ3) is 2.39. The molecule has 16 heavy (non-hydrogen) atoms. The summed E-state index contributed by atoms with van der Waals surface area (Å²) in [5.74, 6) is 1.80.